The fraction of sp³-hybridized carbons (Fsp3) is 0.346. The minimum atomic E-state index is -4.40. The Bertz CT molecular complexity index is 1140. The van der Waals surface area contributed by atoms with Gasteiger partial charge in [0.05, 0.1) is 18.0 Å². The summed E-state index contributed by atoms with van der Waals surface area (Å²) in [5.41, 5.74) is 2.74. The van der Waals surface area contributed by atoms with E-state index in [-0.39, 0.29) is 18.4 Å². The number of halogens is 4. The Morgan fingerprint density at radius 3 is 2.49 bits per heavy atom. The average molecular weight is 539 g/mol. The fourth-order valence-corrected chi connectivity index (χ4v) is 3.92. The molecule has 7 nitrogen and oxygen atoms in total. The Labute approximate surface area is 219 Å². The summed E-state index contributed by atoms with van der Waals surface area (Å²) in [6.45, 7) is 5.65. The van der Waals surface area contributed by atoms with E-state index in [0.717, 1.165) is 5.69 Å². The number of para-hydroxylation sites is 1. The second-order valence-corrected chi connectivity index (χ2v) is 8.31. The van der Waals surface area contributed by atoms with Crippen LogP contribution in [-0.2, 0) is 20.9 Å². The molecule has 2 aromatic carbocycles. The van der Waals surface area contributed by atoms with Gasteiger partial charge in [0.15, 0.2) is 0 Å². The summed E-state index contributed by atoms with van der Waals surface area (Å²) in [4.78, 5) is 19.4. The number of benzene rings is 2. The number of hydrogen-bond donors (Lipinski definition) is 2. The Hall–Kier alpha value is -3.37. The van der Waals surface area contributed by atoms with E-state index in [4.69, 9.17) is 21.1 Å². The molecule has 1 saturated heterocycles. The van der Waals surface area contributed by atoms with Crippen LogP contribution in [0.2, 0.25) is 5.02 Å². The standard InChI is InChI=1S/C23H22ClF3N4O2.C2H6.CH2O/c24-18-7-15(13-33-14-23(25,26)27)6-17(9-18)20-10-21(28-11-16-8-22(32)29-12-16)30-31(20)19-4-2-1-3-5-19;2*1-2/h1-7,9-10,16H,8,11-14H2,(H,28,30)(H,29,32);1-2H3;1H2/t16-;;/m1../s1. The number of carbonyl (C=O) groups excluding carboxylic acids is 2. The highest BCUT2D eigenvalue weighted by Gasteiger charge is 2.27. The van der Waals surface area contributed by atoms with Crippen molar-refractivity contribution in [2.24, 2.45) is 5.92 Å². The number of hydrogen-bond acceptors (Lipinski definition) is 5. The van der Waals surface area contributed by atoms with Gasteiger partial charge in [-0.1, -0.05) is 43.6 Å². The molecule has 1 aromatic heterocycles. The molecule has 0 unspecified atom stereocenters. The number of alkyl halides is 3. The van der Waals surface area contributed by atoms with Crippen LogP contribution in [0.5, 0.6) is 0 Å². The zero-order valence-electron chi connectivity index (χ0n) is 20.6. The van der Waals surface area contributed by atoms with Crippen molar-refractivity contribution in [3.8, 4) is 16.9 Å². The smallest absolute Gasteiger partial charge is 0.368 e. The van der Waals surface area contributed by atoms with Gasteiger partial charge in [-0.15, -0.1) is 5.10 Å². The molecule has 1 atom stereocenters. The van der Waals surface area contributed by atoms with Crippen molar-refractivity contribution in [3.05, 3.63) is 65.2 Å². The van der Waals surface area contributed by atoms with Gasteiger partial charge in [0.1, 0.15) is 19.2 Å². The predicted molar refractivity (Wildman–Crippen MR) is 138 cm³/mol. The first kappa shape index (κ1) is 29.9. The maximum absolute atomic E-state index is 12.4. The third-order valence-electron chi connectivity index (χ3n) is 5.13. The van der Waals surface area contributed by atoms with E-state index >= 15 is 0 Å². The lowest BCUT2D eigenvalue weighted by molar-refractivity contribution is -0.176. The lowest BCUT2D eigenvalue weighted by Crippen LogP contribution is -2.18. The summed E-state index contributed by atoms with van der Waals surface area (Å²) in [6.07, 6.45) is -3.93. The number of anilines is 1. The van der Waals surface area contributed by atoms with Gasteiger partial charge in [0, 0.05) is 42.1 Å². The van der Waals surface area contributed by atoms with E-state index in [2.05, 4.69) is 15.7 Å². The van der Waals surface area contributed by atoms with Crippen LogP contribution in [0.3, 0.4) is 0 Å². The molecular weight excluding hydrogens is 509 g/mol. The molecule has 37 heavy (non-hydrogen) atoms. The summed E-state index contributed by atoms with van der Waals surface area (Å²) in [5.74, 6) is 0.825. The van der Waals surface area contributed by atoms with Crippen molar-refractivity contribution < 1.29 is 27.5 Å². The Morgan fingerprint density at radius 1 is 1.16 bits per heavy atom. The van der Waals surface area contributed by atoms with Crippen molar-refractivity contribution in [1.29, 1.82) is 0 Å². The molecule has 0 spiro atoms. The van der Waals surface area contributed by atoms with Crippen LogP contribution in [0.15, 0.2) is 54.6 Å². The fourth-order valence-electron chi connectivity index (χ4n) is 3.66. The van der Waals surface area contributed by atoms with Crippen molar-refractivity contribution in [2.45, 2.75) is 33.1 Å². The Balaban J connectivity index is 0.00000115. The largest absolute Gasteiger partial charge is 0.411 e. The van der Waals surface area contributed by atoms with Gasteiger partial charge in [-0.2, -0.15) is 13.2 Å². The van der Waals surface area contributed by atoms with Crippen LogP contribution >= 0.6 is 11.6 Å². The SMILES string of the molecule is C=O.CC.O=C1C[C@H](CNc2cc(-c3cc(Cl)cc(COCC(F)(F)F)c3)n(-c3ccccc3)n2)CN1. The molecule has 1 amide bonds. The number of nitrogens with one attached hydrogen (secondary N) is 2. The van der Waals surface area contributed by atoms with Crippen LogP contribution in [0.4, 0.5) is 19.0 Å². The summed E-state index contributed by atoms with van der Waals surface area (Å²) in [5, 5.41) is 11.1. The molecule has 3 aromatic rings. The molecule has 2 N–H and O–H groups in total. The van der Waals surface area contributed by atoms with Gasteiger partial charge in [-0.05, 0) is 35.9 Å². The number of carbonyl (C=O) groups is 2. The van der Waals surface area contributed by atoms with Crippen molar-refractivity contribution in [2.75, 3.05) is 25.0 Å². The first-order chi connectivity index (χ1) is 17.8. The molecule has 1 fully saturated rings. The van der Waals surface area contributed by atoms with Crippen LogP contribution in [-0.4, -0.2) is 48.3 Å². The molecule has 1 aliphatic rings. The molecule has 0 aliphatic carbocycles. The third-order valence-corrected chi connectivity index (χ3v) is 5.35. The zero-order chi connectivity index (χ0) is 27.4. The van der Waals surface area contributed by atoms with Crippen LogP contribution < -0.4 is 10.6 Å². The van der Waals surface area contributed by atoms with E-state index < -0.39 is 12.8 Å². The van der Waals surface area contributed by atoms with Gasteiger partial charge < -0.3 is 20.2 Å². The average Bonchev–Trinajstić information content (AvgIpc) is 3.51. The van der Waals surface area contributed by atoms with Crippen LogP contribution in [0.25, 0.3) is 16.9 Å². The molecule has 0 bridgehead atoms. The molecule has 2 heterocycles. The summed E-state index contributed by atoms with van der Waals surface area (Å²) >= 11 is 6.27. The normalized spacial score (nSPS) is 14.6. The Kier molecular flexibility index (Phi) is 11.6. The highest BCUT2D eigenvalue weighted by molar-refractivity contribution is 6.31. The third kappa shape index (κ3) is 9.22. The van der Waals surface area contributed by atoms with Crippen molar-refractivity contribution in [1.82, 2.24) is 15.1 Å². The first-order valence-electron chi connectivity index (χ1n) is 11.7. The number of nitrogens with zero attached hydrogens (tertiary/aromatic N) is 2. The van der Waals surface area contributed by atoms with Crippen LogP contribution in [0, 0.1) is 5.92 Å². The molecule has 1 aliphatic heterocycles. The number of ether oxygens (including phenoxy) is 1. The molecule has 11 heteroatoms. The summed E-state index contributed by atoms with van der Waals surface area (Å²) < 4.78 is 43.9. The van der Waals surface area contributed by atoms with E-state index in [1.165, 1.54) is 0 Å². The second-order valence-electron chi connectivity index (χ2n) is 7.87. The van der Waals surface area contributed by atoms with Gasteiger partial charge in [0.25, 0.3) is 0 Å². The lowest BCUT2D eigenvalue weighted by atomic mass is 10.1. The maximum atomic E-state index is 12.4. The Morgan fingerprint density at radius 2 is 1.86 bits per heavy atom. The molecule has 0 saturated carbocycles. The van der Waals surface area contributed by atoms with Gasteiger partial charge in [-0.25, -0.2) is 4.68 Å². The van der Waals surface area contributed by atoms with E-state index in [0.29, 0.717) is 47.2 Å². The highest BCUT2D eigenvalue weighted by Crippen LogP contribution is 2.30. The quantitative estimate of drug-likeness (QED) is 0.386. The van der Waals surface area contributed by atoms with Gasteiger partial charge in [0.2, 0.25) is 5.91 Å². The van der Waals surface area contributed by atoms with Crippen molar-refractivity contribution in [3.63, 3.8) is 0 Å². The molecule has 4 rings (SSSR count). The second kappa shape index (κ2) is 14.4. The van der Waals surface area contributed by atoms with E-state index in [9.17, 15) is 18.0 Å². The minimum absolute atomic E-state index is 0.0384. The van der Waals surface area contributed by atoms with Crippen LogP contribution in [0.1, 0.15) is 25.8 Å². The molecular formula is C26H30ClF3N4O3. The summed E-state index contributed by atoms with van der Waals surface area (Å²) in [7, 11) is 0. The number of aromatic nitrogens is 2. The first-order valence-corrected chi connectivity index (χ1v) is 12.0. The highest BCUT2D eigenvalue weighted by atomic mass is 35.5. The molecule has 0 radical (unpaired) electrons. The topological polar surface area (TPSA) is 85.2 Å². The minimum Gasteiger partial charge on any atom is -0.368 e. The molecule has 200 valence electrons. The van der Waals surface area contributed by atoms with E-state index in [1.807, 2.05) is 57.0 Å². The maximum Gasteiger partial charge on any atom is 0.411 e. The van der Waals surface area contributed by atoms with Gasteiger partial charge >= 0.3 is 6.18 Å². The monoisotopic (exact) mass is 538 g/mol. The zero-order valence-corrected chi connectivity index (χ0v) is 21.4. The van der Waals surface area contributed by atoms with Crippen molar-refractivity contribution >= 4 is 30.1 Å². The number of rotatable bonds is 8. The number of amides is 1. The summed E-state index contributed by atoms with van der Waals surface area (Å²) in [6, 6.07) is 16.4. The van der Waals surface area contributed by atoms with E-state index in [1.54, 1.807) is 22.9 Å². The predicted octanol–water partition coefficient (Wildman–Crippen LogP) is 5.66. The van der Waals surface area contributed by atoms with Gasteiger partial charge in [-0.3, -0.25) is 4.79 Å². The lowest BCUT2D eigenvalue weighted by Gasteiger charge is -2.11.